The van der Waals surface area contributed by atoms with Crippen LogP contribution in [0.1, 0.15) is 44.3 Å². The molecular formula is C14H25N3S. The smallest absolute Gasteiger partial charge is 0.107 e. The lowest BCUT2D eigenvalue weighted by molar-refractivity contribution is 0.292. The number of hydrogen-bond donors (Lipinski definition) is 1. The average molecular weight is 267 g/mol. The lowest BCUT2D eigenvalue weighted by Gasteiger charge is -2.20. The van der Waals surface area contributed by atoms with Crippen LogP contribution < -0.4 is 5.32 Å². The van der Waals surface area contributed by atoms with Gasteiger partial charge in [-0.25, -0.2) is 4.98 Å². The molecule has 4 heteroatoms. The predicted octanol–water partition coefficient (Wildman–Crippen LogP) is 2.62. The maximum absolute atomic E-state index is 4.75. The van der Waals surface area contributed by atoms with Gasteiger partial charge in [0.05, 0.1) is 12.2 Å². The van der Waals surface area contributed by atoms with Gasteiger partial charge in [-0.05, 0) is 26.4 Å². The highest BCUT2D eigenvalue weighted by Crippen LogP contribution is 2.24. The Bertz CT molecular complexity index is 375. The quantitative estimate of drug-likeness (QED) is 0.909. The lowest BCUT2D eigenvalue weighted by atomic mass is 9.93. The van der Waals surface area contributed by atoms with Crippen molar-refractivity contribution >= 4 is 11.3 Å². The molecule has 1 atom stereocenters. The van der Waals surface area contributed by atoms with Crippen molar-refractivity contribution in [2.45, 2.75) is 51.6 Å². The molecule has 0 bridgehead atoms. The van der Waals surface area contributed by atoms with E-state index in [-0.39, 0.29) is 5.41 Å². The van der Waals surface area contributed by atoms with E-state index in [1.165, 1.54) is 30.1 Å². The van der Waals surface area contributed by atoms with Crippen molar-refractivity contribution in [1.82, 2.24) is 15.2 Å². The Morgan fingerprint density at radius 2 is 2.28 bits per heavy atom. The Kier molecular flexibility index (Phi) is 4.41. The number of nitrogens with one attached hydrogen (secondary N) is 1. The molecule has 0 radical (unpaired) electrons. The number of nitrogens with zero attached hydrogens (tertiary/aromatic N) is 2. The van der Waals surface area contributed by atoms with Crippen LogP contribution in [0.15, 0.2) is 5.38 Å². The van der Waals surface area contributed by atoms with Crippen LogP contribution in [0.4, 0.5) is 0 Å². The Morgan fingerprint density at radius 1 is 1.50 bits per heavy atom. The number of hydrogen-bond acceptors (Lipinski definition) is 4. The van der Waals surface area contributed by atoms with Crippen LogP contribution in [0.25, 0.3) is 0 Å². The van der Waals surface area contributed by atoms with Crippen LogP contribution in [0.5, 0.6) is 0 Å². The third-order valence-corrected chi connectivity index (χ3v) is 4.25. The normalized spacial score (nSPS) is 20.8. The van der Waals surface area contributed by atoms with E-state index in [2.05, 4.69) is 43.4 Å². The van der Waals surface area contributed by atoms with Gasteiger partial charge in [0, 0.05) is 23.4 Å². The minimum absolute atomic E-state index is 0.167. The third-order valence-electron chi connectivity index (χ3n) is 3.42. The van der Waals surface area contributed by atoms with Crippen LogP contribution in [0.2, 0.25) is 0 Å². The van der Waals surface area contributed by atoms with Crippen molar-refractivity contribution in [2.24, 2.45) is 0 Å². The summed E-state index contributed by atoms with van der Waals surface area (Å²) in [6.07, 6.45) is 2.64. The summed E-state index contributed by atoms with van der Waals surface area (Å²) in [4.78, 5) is 7.14. The van der Waals surface area contributed by atoms with Crippen molar-refractivity contribution < 1.29 is 0 Å². The van der Waals surface area contributed by atoms with Crippen molar-refractivity contribution in [3.63, 3.8) is 0 Å². The monoisotopic (exact) mass is 267 g/mol. The Hall–Kier alpha value is -0.450. The van der Waals surface area contributed by atoms with Gasteiger partial charge in [0.25, 0.3) is 0 Å². The molecule has 1 fully saturated rings. The van der Waals surface area contributed by atoms with Crippen molar-refractivity contribution in [1.29, 1.82) is 0 Å². The van der Waals surface area contributed by atoms with E-state index < -0.39 is 0 Å². The fourth-order valence-electron chi connectivity index (χ4n) is 2.31. The first kappa shape index (κ1) is 14.0. The van der Waals surface area contributed by atoms with E-state index >= 15 is 0 Å². The van der Waals surface area contributed by atoms with E-state index in [1.807, 2.05) is 0 Å². The molecule has 2 heterocycles. The highest BCUT2D eigenvalue weighted by Gasteiger charge is 2.19. The number of likely N-dealkylation sites (N-methyl/N-ethyl adjacent to an activating group) is 1. The maximum Gasteiger partial charge on any atom is 0.107 e. The van der Waals surface area contributed by atoms with E-state index in [4.69, 9.17) is 4.98 Å². The third kappa shape index (κ3) is 3.77. The van der Waals surface area contributed by atoms with E-state index in [1.54, 1.807) is 11.3 Å². The summed E-state index contributed by atoms with van der Waals surface area (Å²) < 4.78 is 0. The van der Waals surface area contributed by atoms with E-state index in [9.17, 15) is 0 Å². The average Bonchev–Trinajstić information content (AvgIpc) is 2.87. The summed E-state index contributed by atoms with van der Waals surface area (Å²) in [5.74, 6) is 0. The van der Waals surface area contributed by atoms with Gasteiger partial charge in [0.15, 0.2) is 0 Å². The SMILES string of the molecule is CN(Cc1nc(C(C)(C)C)cs1)CC1CCCN1. The lowest BCUT2D eigenvalue weighted by Crippen LogP contribution is -2.34. The zero-order valence-corrected chi connectivity index (χ0v) is 12.8. The summed E-state index contributed by atoms with van der Waals surface area (Å²) in [6.45, 7) is 9.95. The fourth-order valence-corrected chi connectivity index (χ4v) is 3.41. The van der Waals surface area contributed by atoms with E-state index in [0.717, 1.165) is 13.1 Å². The van der Waals surface area contributed by atoms with Crippen molar-refractivity contribution in [3.05, 3.63) is 16.1 Å². The highest BCUT2D eigenvalue weighted by molar-refractivity contribution is 7.09. The first-order valence-electron chi connectivity index (χ1n) is 6.82. The van der Waals surface area contributed by atoms with Crippen LogP contribution in [-0.4, -0.2) is 36.1 Å². The predicted molar refractivity (Wildman–Crippen MR) is 78.2 cm³/mol. The molecule has 1 aliphatic rings. The van der Waals surface area contributed by atoms with Gasteiger partial charge in [0.2, 0.25) is 0 Å². The summed E-state index contributed by atoms with van der Waals surface area (Å²) >= 11 is 1.79. The van der Waals surface area contributed by atoms with Gasteiger partial charge in [-0.3, -0.25) is 4.90 Å². The minimum atomic E-state index is 0.167. The van der Waals surface area contributed by atoms with Crippen molar-refractivity contribution in [2.75, 3.05) is 20.1 Å². The fraction of sp³-hybridized carbons (Fsp3) is 0.786. The van der Waals surface area contributed by atoms with Gasteiger partial charge in [0.1, 0.15) is 5.01 Å². The molecular weight excluding hydrogens is 242 g/mol. The van der Waals surface area contributed by atoms with Crippen LogP contribution >= 0.6 is 11.3 Å². The maximum atomic E-state index is 4.75. The standard InChI is InChI=1S/C14H25N3S/c1-14(2,3)12-10-18-13(16-12)9-17(4)8-11-6-5-7-15-11/h10-11,15H,5-9H2,1-4H3. The van der Waals surface area contributed by atoms with Crippen LogP contribution in [-0.2, 0) is 12.0 Å². The summed E-state index contributed by atoms with van der Waals surface area (Å²) in [6, 6.07) is 0.678. The molecule has 1 aliphatic heterocycles. The molecule has 1 unspecified atom stereocenters. The molecule has 0 aromatic carbocycles. The topological polar surface area (TPSA) is 28.2 Å². The zero-order chi connectivity index (χ0) is 13.2. The zero-order valence-electron chi connectivity index (χ0n) is 12.0. The minimum Gasteiger partial charge on any atom is -0.313 e. The van der Waals surface area contributed by atoms with Crippen LogP contribution in [0, 0.1) is 0 Å². The highest BCUT2D eigenvalue weighted by atomic mass is 32.1. The Balaban J connectivity index is 1.86. The molecule has 1 saturated heterocycles. The molecule has 2 rings (SSSR count). The second-order valence-corrected chi connectivity index (χ2v) is 7.31. The second kappa shape index (κ2) is 5.68. The molecule has 0 spiro atoms. The van der Waals surface area contributed by atoms with E-state index in [0.29, 0.717) is 6.04 Å². The summed E-state index contributed by atoms with van der Waals surface area (Å²) in [5, 5.41) is 6.99. The molecule has 18 heavy (non-hydrogen) atoms. The Labute approximate surface area is 115 Å². The molecule has 0 amide bonds. The molecule has 1 N–H and O–H groups in total. The second-order valence-electron chi connectivity index (χ2n) is 6.37. The Morgan fingerprint density at radius 3 is 2.83 bits per heavy atom. The number of aromatic nitrogens is 1. The molecule has 1 aromatic heterocycles. The van der Waals surface area contributed by atoms with Gasteiger partial charge >= 0.3 is 0 Å². The summed E-state index contributed by atoms with van der Waals surface area (Å²) in [7, 11) is 2.19. The largest absolute Gasteiger partial charge is 0.313 e. The molecule has 0 saturated carbocycles. The van der Waals surface area contributed by atoms with Gasteiger partial charge in [-0.1, -0.05) is 20.8 Å². The summed E-state index contributed by atoms with van der Waals surface area (Å²) in [5.41, 5.74) is 1.38. The molecule has 0 aliphatic carbocycles. The van der Waals surface area contributed by atoms with Gasteiger partial charge in [-0.2, -0.15) is 0 Å². The molecule has 3 nitrogen and oxygen atoms in total. The molecule has 102 valence electrons. The first-order chi connectivity index (χ1) is 8.45. The van der Waals surface area contributed by atoms with Crippen molar-refractivity contribution in [3.8, 4) is 0 Å². The molecule has 1 aromatic rings. The number of thiazole rings is 1. The number of rotatable bonds is 4. The van der Waals surface area contributed by atoms with Crippen LogP contribution in [0.3, 0.4) is 0 Å². The van der Waals surface area contributed by atoms with Gasteiger partial charge < -0.3 is 5.32 Å². The first-order valence-corrected chi connectivity index (χ1v) is 7.70. The van der Waals surface area contributed by atoms with Gasteiger partial charge in [-0.15, -0.1) is 11.3 Å².